The summed E-state index contributed by atoms with van der Waals surface area (Å²) in [6.45, 7) is 0. The van der Waals surface area contributed by atoms with Gasteiger partial charge in [-0.25, -0.2) is 0 Å². The lowest BCUT2D eigenvalue weighted by atomic mass is 10.2. The molecule has 0 fully saturated rings. The number of aromatic nitrogens is 2. The zero-order valence-corrected chi connectivity index (χ0v) is 19.2. The average Bonchev–Trinajstić information content (AvgIpc) is 3.30. The molecule has 6 nitrogen and oxygen atoms in total. The van der Waals surface area contributed by atoms with Gasteiger partial charge in [0.1, 0.15) is 5.75 Å². The van der Waals surface area contributed by atoms with Crippen LogP contribution in [0.2, 0.25) is 5.02 Å². The third-order valence-electron chi connectivity index (χ3n) is 4.78. The summed E-state index contributed by atoms with van der Waals surface area (Å²) in [6.07, 6.45) is 0. The lowest BCUT2D eigenvalue weighted by molar-refractivity contribution is -0.115. The number of para-hydroxylation sites is 1. The second kappa shape index (κ2) is 8.90. The lowest BCUT2D eigenvalue weighted by Gasteiger charge is -2.31. The van der Waals surface area contributed by atoms with Crippen molar-refractivity contribution in [2.75, 3.05) is 17.8 Å². The number of thioether (sulfide) groups is 1. The molecule has 0 unspecified atom stereocenters. The highest BCUT2D eigenvalue weighted by Crippen LogP contribution is 2.49. The van der Waals surface area contributed by atoms with Gasteiger partial charge in [0, 0.05) is 20.4 Å². The van der Waals surface area contributed by atoms with Crippen LogP contribution in [0.4, 0.5) is 11.4 Å². The van der Waals surface area contributed by atoms with Gasteiger partial charge in [-0.1, -0.05) is 53.3 Å². The number of anilines is 2. The van der Waals surface area contributed by atoms with Crippen LogP contribution in [-0.4, -0.2) is 29.0 Å². The normalized spacial score (nSPS) is 12.2. The summed E-state index contributed by atoms with van der Waals surface area (Å²) in [4.78, 5) is 17.0. The fourth-order valence-corrected chi connectivity index (χ4v) is 5.14. The molecule has 5 rings (SSSR count). The maximum atomic E-state index is 13.3. The predicted octanol–water partition coefficient (Wildman–Crippen LogP) is 6.32. The molecule has 32 heavy (non-hydrogen) atoms. The van der Waals surface area contributed by atoms with Crippen LogP contribution in [0, 0.1) is 0 Å². The number of methoxy groups -OCH3 is 1. The van der Waals surface area contributed by atoms with Crippen molar-refractivity contribution in [3.05, 3.63) is 71.8 Å². The van der Waals surface area contributed by atoms with Crippen molar-refractivity contribution in [1.29, 1.82) is 0 Å². The molecule has 1 amide bonds. The van der Waals surface area contributed by atoms with E-state index in [-0.39, 0.29) is 11.7 Å². The molecular formula is C23H16ClN3O3S2. The summed E-state index contributed by atoms with van der Waals surface area (Å²) in [6, 6.07) is 20.8. The van der Waals surface area contributed by atoms with E-state index in [1.165, 1.54) is 11.8 Å². The van der Waals surface area contributed by atoms with Gasteiger partial charge in [0.2, 0.25) is 11.8 Å². The number of hydrogen-bond donors (Lipinski definition) is 0. The quantitative estimate of drug-likeness (QED) is 0.309. The van der Waals surface area contributed by atoms with Gasteiger partial charge in [-0.15, -0.1) is 10.2 Å². The SMILES string of the molecule is COc1cccc(-c2nnc(SCC(=O)N3c4ccccc4Sc4ccc(Cl)cc43)o2)c1. The summed E-state index contributed by atoms with van der Waals surface area (Å²) in [5.74, 6) is 1.09. The van der Waals surface area contributed by atoms with Gasteiger partial charge in [0.15, 0.2) is 0 Å². The van der Waals surface area contributed by atoms with Crippen molar-refractivity contribution < 1.29 is 13.9 Å². The van der Waals surface area contributed by atoms with Crippen LogP contribution >= 0.6 is 35.1 Å². The molecule has 0 saturated carbocycles. The van der Waals surface area contributed by atoms with Gasteiger partial charge >= 0.3 is 0 Å². The number of carbonyl (C=O) groups is 1. The first-order chi connectivity index (χ1) is 15.6. The minimum absolute atomic E-state index is 0.104. The minimum Gasteiger partial charge on any atom is -0.497 e. The number of hydrogen-bond acceptors (Lipinski definition) is 7. The van der Waals surface area contributed by atoms with Gasteiger partial charge in [0.05, 0.1) is 24.2 Å². The van der Waals surface area contributed by atoms with E-state index in [1.54, 1.807) is 23.8 Å². The zero-order chi connectivity index (χ0) is 22.1. The Hall–Kier alpha value is -2.94. The number of rotatable bonds is 5. The molecule has 3 aromatic carbocycles. The van der Waals surface area contributed by atoms with Crippen LogP contribution < -0.4 is 9.64 Å². The maximum Gasteiger partial charge on any atom is 0.277 e. The smallest absolute Gasteiger partial charge is 0.277 e. The number of fused-ring (bicyclic) bond motifs is 2. The van der Waals surface area contributed by atoms with E-state index >= 15 is 0 Å². The van der Waals surface area contributed by atoms with E-state index in [2.05, 4.69) is 10.2 Å². The second-order valence-electron chi connectivity index (χ2n) is 6.80. The van der Waals surface area contributed by atoms with Crippen LogP contribution in [-0.2, 0) is 4.79 Å². The van der Waals surface area contributed by atoms with Gasteiger partial charge in [-0.05, 0) is 48.5 Å². The molecule has 1 aliphatic heterocycles. The molecule has 4 aromatic rings. The van der Waals surface area contributed by atoms with Crippen LogP contribution in [0.5, 0.6) is 5.75 Å². The first-order valence-corrected chi connectivity index (χ1v) is 11.8. The number of nitrogens with zero attached hydrogens (tertiary/aromatic N) is 3. The van der Waals surface area contributed by atoms with Gasteiger partial charge in [-0.2, -0.15) is 0 Å². The molecule has 0 bridgehead atoms. The fourth-order valence-electron chi connectivity index (χ4n) is 3.33. The lowest BCUT2D eigenvalue weighted by Crippen LogP contribution is -2.30. The van der Waals surface area contributed by atoms with Gasteiger partial charge in [0.25, 0.3) is 5.22 Å². The zero-order valence-electron chi connectivity index (χ0n) is 16.8. The second-order valence-corrected chi connectivity index (χ2v) is 9.25. The monoisotopic (exact) mass is 481 g/mol. The Bertz CT molecular complexity index is 1310. The van der Waals surface area contributed by atoms with E-state index < -0.39 is 0 Å². The number of benzene rings is 3. The summed E-state index contributed by atoms with van der Waals surface area (Å²) >= 11 is 9.05. The Morgan fingerprint density at radius 3 is 2.78 bits per heavy atom. The van der Waals surface area contributed by atoms with Crippen LogP contribution in [0.3, 0.4) is 0 Å². The highest BCUT2D eigenvalue weighted by atomic mass is 35.5. The van der Waals surface area contributed by atoms with Crippen LogP contribution in [0.15, 0.2) is 86.2 Å². The Morgan fingerprint density at radius 1 is 1.06 bits per heavy atom. The van der Waals surface area contributed by atoms with E-state index in [1.807, 2.05) is 66.7 Å². The molecule has 0 spiro atoms. The molecule has 9 heteroatoms. The van der Waals surface area contributed by atoms with Crippen molar-refractivity contribution in [2.45, 2.75) is 15.0 Å². The Morgan fingerprint density at radius 2 is 1.91 bits per heavy atom. The Balaban J connectivity index is 1.37. The highest BCUT2D eigenvalue weighted by molar-refractivity contribution is 8.00. The topological polar surface area (TPSA) is 68.5 Å². The highest BCUT2D eigenvalue weighted by Gasteiger charge is 2.28. The van der Waals surface area contributed by atoms with Crippen molar-refractivity contribution in [1.82, 2.24) is 10.2 Å². The number of halogens is 1. The molecule has 2 heterocycles. The molecular weight excluding hydrogens is 466 g/mol. The first-order valence-electron chi connectivity index (χ1n) is 9.62. The third kappa shape index (κ3) is 4.09. The third-order valence-corrected chi connectivity index (χ3v) is 6.95. The molecule has 1 aliphatic rings. The number of ether oxygens (including phenoxy) is 1. The van der Waals surface area contributed by atoms with Crippen LogP contribution in [0.1, 0.15) is 0 Å². The summed E-state index contributed by atoms with van der Waals surface area (Å²) < 4.78 is 11.0. The summed E-state index contributed by atoms with van der Waals surface area (Å²) in [5.41, 5.74) is 2.36. The predicted molar refractivity (Wildman–Crippen MR) is 126 cm³/mol. The van der Waals surface area contributed by atoms with Crippen molar-refractivity contribution in [3.63, 3.8) is 0 Å². The molecule has 0 radical (unpaired) electrons. The van der Waals surface area contributed by atoms with Crippen LogP contribution in [0.25, 0.3) is 11.5 Å². The summed E-state index contributed by atoms with van der Waals surface area (Å²) in [5, 5.41) is 9.07. The minimum atomic E-state index is -0.104. The number of carbonyl (C=O) groups excluding carboxylic acids is 1. The van der Waals surface area contributed by atoms with Gasteiger partial charge < -0.3 is 9.15 Å². The Labute approximate surface area is 197 Å². The van der Waals surface area contributed by atoms with E-state index in [4.69, 9.17) is 20.8 Å². The Kier molecular flexibility index (Phi) is 5.82. The average molecular weight is 482 g/mol. The largest absolute Gasteiger partial charge is 0.497 e. The molecule has 160 valence electrons. The fraction of sp³-hybridized carbons (Fsp3) is 0.0870. The van der Waals surface area contributed by atoms with Crippen molar-refractivity contribution in [2.24, 2.45) is 0 Å². The maximum absolute atomic E-state index is 13.3. The molecule has 0 saturated heterocycles. The van der Waals surface area contributed by atoms with Crippen molar-refractivity contribution in [3.8, 4) is 17.2 Å². The molecule has 0 N–H and O–H groups in total. The summed E-state index contributed by atoms with van der Waals surface area (Å²) in [7, 11) is 1.60. The van der Waals surface area contributed by atoms with E-state index in [9.17, 15) is 4.79 Å². The molecule has 1 aromatic heterocycles. The van der Waals surface area contributed by atoms with E-state index in [0.29, 0.717) is 21.9 Å². The standard InChI is InChI=1S/C23H16ClN3O3S2/c1-29-16-6-4-5-14(11-16)22-25-26-23(30-22)31-13-21(28)27-17-7-2-3-8-19(17)32-20-10-9-15(24)12-18(20)27/h2-12H,13H2,1H3. The molecule has 0 aliphatic carbocycles. The van der Waals surface area contributed by atoms with Gasteiger partial charge in [-0.3, -0.25) is 9.69 Å². The van der Waals surface area contributed by atoms with Crippen molar-refractivity contribution >= 4 is 52.4 Å². The van der Waals surface area contributed by atoms with E-state index in [0.717, 1.165) is 26.7 Å². The molecule has 0 atom stereocenters. The number of amides is 1. The first kappa shape index (κ1) is 20.9.